The summed E-state index contributed by atoms with van der Waals surface area (Å²) < 4.78 is 15.2. The fourth-order valence-corrected chi connectivity index (χ4v) is 18.0. The summed E-state index contributed by atoms with van der Waals surface area (Å²) in [5, 5.41) is 16.2. The van der Waals surface area contributed by atoms with Gasteiger partial charge in [0.1, 0.15) is 0 Å². The third kappa shape index (κ3) is 6.90. The molecule has 5 nitrogen and oxygen atoms in total. The molecule has 7 heterocycles. The first-order chi connectivity index (χ1) is 43.6. The van der Waals surface area contributed by atoms with Crippen molar-refractivity contribution in [1.29, 1.82) is 0 Å². The van der Waals surface area contributed by atoms with E-state index in [0.29, 0.717) is 5.82 Å². The lowest BCUT2D eigenvalue weighted by atomic mass is 9.99. The van der Waals surface area contributed by atoms with Gasteiger partial charge in [-0.15, -0.1) is 34.0 Å². The minimum absolute atomic E-state index is 0.669. The first kappa shape index (κ1) is 48.5. The summed E-state index contributed by atoms with van der Waals surface area (Å²) in [7, 11) is 0. The van der Waals surface area contributed by atoms with Crippen LogP contribution in [0.2, 0.25) is 0 Å². The molecule has 0 saturated heterocycles. The number of benzene rings is 13. The highest BCUT2D eigenvalue weighted by Crippen LogP contribution is 2.48. The van der Waals surface area contributed by atoms with Crippen molar-refractivity contribution < 1.29 is 0 Å². The van der Waals surface area contributed by atoms with Crippen LogP contribution in [0.3, 0.4) is 0 Å². The van der Waals surface area contributed by atoms with E-state index >= 15 is 0 Å². The van der Waals surface area contributed by atoms with Crippen LogP contribution in [0.15, 0.2) is 273 Å². The van der Waals surface area contributed by atoms with E-state index in [1.165, 1.54) is 120 Å². The lowest BCUT2D eigenvalue weighted by molar-refractivity contribution is 1.17. The molecule has 408 valence electrons. The van der Waals surface area contributed by atoms with Crippen molar-refractivity contribution in [3.63, 3.8) is 0 Å². The maximum Gasteiger partial charge on any atom is 0.160 e. The van der Waals surface area contributed by atoms with Crippen LogP contribution in [0.4, 0.5) is 0 Å². The molecule has 0 aliphatic carbocycles. The van der Waals surface area contributed by atoms with Gasteiger partial charge in [-0.3, -0.25) is 0 Å². The van der Waals surface area contributed by atoms with E-state index < -0.39 is 0 Å². The molecule has 0 aliphatic heterocycles. The van der Waals surface area contributed by atoms with Gasteiger partial charge in [0, 0.05) is 126 Å². The Bertz CT molecular complexity index is 6380. The van der Waals surface area contributed by atoms with Crippen molar-refractivity contribution >= 4 is 171 Å². The first-order valence-corrected chi connectivity index (χ1v) is 32.2. The maximum absolute atomic E-state index is 5.71. The van der Waals surface area contributed by atoms with Gasteiger partial charge in [0.15, 0.2) is 5.82 Å². The maximum atomic E-state index is 5.71. The van der Waals surface area contributed by atoms with Gasteiger partial charge >= 0.3 is 0 Å². The largest absolute Gasteiger partial charge is 0.309 e. The van der Waals surface area contributed by atoms with Crippen molar-refractivity contribution in [3.05, 3.63) is 273 Å². The number of fused-ring (bicyclic) bond motifs is 22. The molecule has 20 rings (SSSR count). The zero-order valence-electron chi connectivity index (χ0n) is 46.9. The smallest absolute Gasteiger partial charge is 0.160 e. The summed E-state index contributed by atoms with van der Waals surface area (Å²) in [5.41, 5.74) is 16.4. The zero-order chi connectivity index (χ0) is 57.3. The summed E-state index contributed by atoms with van der Waals surface area (Å²) in [5.74, 6) is 0.669. The fraction of sp³-hybridized carbons (Fsp3) is 0. The highest BCUT2D eigenvalue weighted by Gasteiger charge is 2.23. The molecule has 0 atom stereocenters. The third-order valence-electron chi connectivity index (χ3n) is 18.4. The monoisotopic (exact) mass is 1170 g/mol. The topological polar surface area (TPSA) is 40.6 Å². The van der Waals surface area contributed by atoms with Gasteiger partial charge in [0.25, 0.3) is 0 Å². The number of hydrogen-bond donors (Lipinski definition) is 0. The van der Waals surface area contributed by atoms with Crippen molar-refractivity contribution in [2.45, 2.75) is 0 Å². The average molecular weight is 1170 g/mol. The van der Waals surface area contributed by atoms with Crippen molar-refractivity contribution in [2.24, 2.45) is 0 Å². The first-order valence-electron chi connectivity index (χ1n) is 29.8. The van der Waals surface area contributed by atoms with Crippen LogP contribution in [0.25, 0.3) is 188 Å². The second-order valence-electron chi connectivity index (χ2n) is 23.1. The van der Waals surface area contributed by atoms with E-state index in [2.05, 4.69) is 287 Å². The Balaban J connectivity index is 0.789. The summed E-state index contributed by atoms with van der Waals surface area (Å²) in [6.07, 6.45) is 0. The molecule has 0 fully saturated rings. The quantitative estimate of drug-likeness (QED) is 0.166. The molecule has 0 bridgehead atoms. The molecular formula is C80H45N5S3. The van der Waals surface area contributed by atoms with E-state index in [-0.39, 0.29) is 0 Å². The zero-order valence-corrected chi connectivity index (χ0v) is 49.4. The van der Waals surface area contributed by atoms with E-state index in [1.54, 1.807) is 0 Å². The van der Waals surface area contributed by atoms with Crippen LogP contribution < -0.4 is 0 Å². The predicted molar refractivity (Wildman–Crippen MR) is 378 cm³/mol. The van der Waals surface area contributed by atoms with Crippen molar-refractivity contribution in [3.8, 4) is 50.8 Å². The Morgan fingerprint density at radius 2 is 0.636 bits per heavy atom. The Kier molecular flexibility index (Phi) is 10.1. The minimum atomic E-state index is 0.669. The van der Waals surface area contributed by atoms with Crippen molar-refractivity contribution in [1.82, 2.24) is 23.7 Å². The van der Waals surface area contributed by atoms with Crippen LogP contribution in [-0.2, 0) is 0 Å². The number of nitrogens with zero attached hydrogens (tertiary/aromatic N) is 5. The molecule has 88 heavy (non-hydrogen) atoms. The molecule has 0 amide bonds. The van der Waals surface area contributed by atoms with Crippen LogP contribution in [0.5, 0.6) is 0 Å². The summed E-state index contributed by atoms with van der Waals surface area (Å²) >= 11 is 5.59. The molecule has 8 heteroatoms. The van der Waals surface area contributed by atoms with Crippen LogP contribution >= 0.6 is 34.0 Å². The van der Waals surface area contributed by atoms with E-state index in [0.717, 1.165) is 61.4 Å². The van der Waals surface area contributed by atoms with E-state index in [1.807, 2.05) is 34.0 Å². The SMILES string of the molecule is c1cc(-c2ccc3nc(-c4cccc(-n5c6ccccc6c6ccc7sc8ccccc8c7c65)c4)nc(-c4ccc(-n5c6ccccc6c6ccc7sc8ccccc8c7c65)cc4)c3c2)cc(-n2c3ccccc3c3ccc4sc5ccccc5c4c32)c1. The van der Waals surface area contributed by atoms with Gasteiger partial charge in [-0.1, -0.05) is 170 Å². The van der Waals surface area contributed by atoms with Crippen LogP contribution in [0, 0.1) is 0 Å². The molecular weight excluding hydrogens is 1130 g/mol. The van der Waals surface area contributed by atoms with Crippen LogP contribution in [-0.4, -0.2) is 23.7 Å². The third-order valence-corrected chi connectivity index (χ3v) is 21.8. The predicted octanol–water partition coefficient (Wildman–Crippen LogP) is 23.0. The van der Waals surface area contributed by atoms with Gasteiger partial charge in [0.05, 0.1) is 44.3 Å². The number of aromatic nitrogens is 5. The lowest BCUT2D eigenvalue weighted by Gasteiger charge is -2.15. The summed E-state index contributed by atoms with van der Waals surface area (Å²) in [6.45, 7) is 0. The Labute approximate surface area is 514 Å². The minimum Gasteiger partial charge on any atom is -0.309 e. The molecule has 0 saturated carbocycles. The summed E-state index contributed by atoms with van der Waals surface area (Å²) in [6, 6.07) is 101. The van der Waals surface area contributed by atoms with Gasteiger partial charge in [-0.25, -0.2) is 9.97 Å². The molecule has 0 unspecified atom stereocenters. The second-order valence-corrected chi connectivity index (χ2v) is 26.4. The highest BCUT2D eigenvalue weighted by molar-refractivity contribution is 7.26. The Morgan fingerprint density at radius 3 is 1.12 bits per heavy atom. The lowest BCUT2D eigenvalue weighted by Crippen LogP contribution is -1.99. The summed E-state index contributed by atoms with van der Waals surface area (Å²) in [4.78, 5) is 11.2. The van der Waals surface area contributed by atoms with Crippen LogP contribution in [0.1, 0.15) is 0 Å². The number of thiophene rings is 3. The molecule has 0 radical (unpaired) electrons. The number of hydrogen-bond acceptors (Lipinski definition) is 5. The van der Waals surface area contributed by atoms with Gasteiger partial charge < -0.3 is 13.7 Å². The highest BCUT2D eigenvalue weighted by atomic mass is 32.1. The van der Waals surface area contributed by atoms with Gasteiger partial charge in [-0.2, -0.15) is 0 Å². The molecule has 0 N–H and O–H groups in total. The molecule has 13 aromatic carbocycles. The van der Waals surface area contributed by atoms with Gasteiger partial charge in [-0.05, 0) is 114 Å². The van der Waals surface area contributed by atoms with Crippen molar-refractivity contribution in [2.75, 3.05) is 0 Å². The Hall–Kier alpha value is -10.7. The standard InChI is InChI=1S/C80H45N5S3/c1-7-25-64-53(19-1)56-36-40-70-73(59-22-4-10-28-67(59)86-70)77(56)83(64)50-34-31-46(32-35-50)76-62-45-48(47-15-13-17-51(43-47)84-65-26-8-2-20-54(65)57-37-41-71-74(78(57)84)60-23-5-11-29-68(60)87-71)33-39-63(62)81-80(82-76)49-16-14-18-52(44-49)85-66-27-9-3-21-55(66)58-38-42-72-75(79(58)85)61-24-6-12-30-69(61)88-72/h1-45H. The van der Waals surface area contributed by atoms with E-state index in [9.17, 15) is 0 Å². The number of para-hydroxylation sites is 3. The van der Waals surface area contributed by atoms with Gasteiger partial charge in [0.2, 0.25) is 0 Å². The molecule has 7 aromatic heterocycles. The molecule has 0 spiro atoms. The average Bonchev–Trinajstić information content (AvgIpc) is 1.62. The fourth-order valence-electron chi connectivity index (χ4n) is 14.6. The number of rotatable bonds is 6. The van der Waals surface area contributed by atoms with E-state index in [4.69, 9.17) is 9.97 Å². The Morgan fingerprint density at radius 1 is 0.239 bits per heavy atom. The normalized spacial score (nSPS) is 12.3. The molecule has 0 aliphatic rings. The second kappa shape index (κ2) is 18.4. The molecule has 20 aromatic rings.